The number of likely N-dealkylation sites (tertiary alicyclic amines) is 1. The molecular formula is C16H36IN5. The Hall–Kier alpha value is -0.0800. The first kappa shape index (κ1) is 21.9. The van der Waals surface area contributed by atoms with Gasteiger partial charge in [-0.15, -0.1) is 24.0 Å². The van der Waals surface area contributed by atoms with Crippen LogP contribution in [0.15, 0.2) is 4.99 Å². The van der Waals surface area contributed by atoms with Crippen LogP contribution >= 0.6 is 24.0 Å². The van der Waals surface area contributed by atoms with Crippen molar-refractivity contribution in [3.05, 3.63) is 0 Å². The molecule has 1 fully saturated rings. The van der Waals surface area contributed by atoms with Crippen LogP contribution in [-0.2, 0) is 0 Å². The van der Waals surface area contributed by atoms with E-state index in [9.17, 15) is 0 Å². The molecule has 5 nitrogen and oxygen atoms in total. The Kier molecular flexibility index (Phi) is 13.3. The van der Waals surface area contributed by atoms with Gasteiger partial charge in [-0.3, -0.25) is 9.89 Å². The maximum Gasteiger partial charge on any atom is 0.191 e. The van der Waals surface area contributed by atoms with Gasteiger partial charge in [-0.25, -0.2) is 0 Å². The highest BCUT2D eigenvalue weighted by atomic mass is 127. The third kappa shape index (κ3) is 8.53. The second kappa shape index (κ2) is 13.4. The summed E-state index contributed by atoms with van der Waals surface area (Å²) in [4.78, 5) is 9.31. The Balaban J connectivity index is 0.00000441. The summed E-state index contributed by atoms with van der Waals surface area (Å²) < 4.78 is 0. The molecule has 0 aromatic rings. The first-order valence-electron chi connectivity index (χ1n) is 8.62. The minimum Gasteiger partial charge on any atom is -0.355 e. The molecule has 0 aliphatic carbocycles. The monoisotopic (exact) mass is 425 g/mol. The summed E-state index contributed by atoms with van der Waals surface area (Å²) >= 11 is 0. The number of hydrogen-bond acceptors (Lipinski definition) is 3. The Morgan fingerprint density at radius 1 is 1.14 bits per heavy atom. The first-order valence-corrected chi connectivity index (χ1v) is 8.62. The van der Waals surface area contributed by atoms with Gasteiger partial charge in [0.1, 0.15) is 0 Å². The Labute approximate surface area is 154 Å². The molecule has 0 aromatic carbocycles. The van der Waals surface area contributed by atoms with Gasteiger partial charge < -0.3 is 15.5 Å². The largest absolute Gasteiger partial charge is 0.355 e. The molecule has 1 aliphatic rings. The van der Waals surface area contributed by atoms with Crippen LogP contribution in [0.4, 0.5) is 0 Å². The van der Waals surface area contributed by atoms with Crippen molar-refractivity contribution in [2.45, 2.75) is 46.1 Å². The number of guanidine groups is 1. The lowest BCUT2D eigenvalue weighted by Gasteiger charge is -2.28. The topological polar surface area (TPSA) is 42.9 Å². The van der Waals surface area contributed by atoms with Crippen molar-refractivity contribution in [3.8, 4) is 0 Å². The molecular weight excluding hydrogens is 389 g/mol. The molecule has 6 heteroatoms. The number of rotatable bonds is 8. The lowest BCUT2D eigenvalue weighted by atomic mass is 10.1. The van der Waals surface area contributed by atoms with Crippen LogP contribution in [0.25, 0.3) is 0 Å². The zero-order valence-corrected chi connectivity index (χ0v) is 17.2. The molecule has 2 N–H and O–H groups in total. The van der Waals surface area contributed by atoms with Gasteiger partial charge in [0.25, 0.3) is 0 Å². The molecule has 22 heavy (non-hydrogen) atoms. The van der Waals surface area contributed by atoms with E-state index < -0.39 is 0 Å². The Morgan fingerprint density at radius 2 is 1.77 bits per heavy atom. The van der Waals surface area contributed by atoms with Crippen molar-refractivity contribution < 1.29 is 0 Å². The van der Waals surface area contributed by atoms with Crippen LogP contribution in [0.1, 0.15) is 40.0 Å². The van der Waals surface area contributed by atoms with E-state index in [0.717, 1.165) is 38.7 Å². The van der Waals surface area contributed by atoms with Crippen LogP contribution in [-0.4, -0.2) is 74.7 Å². The average Bonchev–Trinajstić information content (AvgIpc) is 2.52. The quantitative estimate of drug-likeness (QED) is 0.355. The van der Waals surface area contributed by atoms with Gasteiger partial charge in [0.05, 0.1) is 0 Å². The van der Waals surface area contributed by atoms with Gasteiger partial charge in [-0.1, -0.05) is 20.3 Å². The molecule has 1 saturated heterocycles. The molecule has 132 valence electrons. The molecule has 1 atom stereocenters. The van der Waals surface area contributed by atoms with E-state index in [4.69, 9.17) is 0 Å². The molecule has 1 heterocycles. The predicted octanol–water partition coefficient (Wildman–Crippen LogP) is 1.99. The number of hydrogen-bond donors (Lipinski definition) is 2. The lowest BCUT2D eigenvalue weighted by Crippen LogP contribution is -2.47. The SMILES string of the molecule is CCN(CC)C(C)CNC(=NC)NCCN1CCCCC1.I. The summed E-state index contributed by atoms with van der Waals surface area (Å²) in [7, 11) is 1.85. The first-order chi connectivity index (χ1) is 10.2. The molecule has 1 rings (SSSR count). The maximum absolute atomic E-state index is 4.31. The smallest absolute Gasteiger partial charge is 0.191 e. The second-order valence-corrected chi connectivity index (χ2v) is 5.85. The van der Waals surface area contributed by atoms with Gasteiger partial charge in [-0.2, -0.15) is 0 Å². The van der Waals surface area contributed by atoms with Gasteiger partial charge in [-0.05, 0) is 45.9 Å². The van der Waals surface area contributed by atoms with Crippen molar-refractivity contribution in [2.24, 2.45) is 4.99 Å². The summed E-state index contributed by atoms with van der Waals surface area (Å²) in [5.41, 5.74) is 0. The van der Waals surface area contributed by atoms with Crippen LogP contribution in [0, 0.1) is 0 Å². The van der Waals surface area contributed by atoms with Crippen molar-refractivity contribution >= 4 is 29.9 Å². The molecule has 0 saturated carbocycles. The van der Waals surface area contributed by atoms with Crippen molar-refractivity contribution in [1.82, 2.24) is 20.4 Å². The van der Waals surface area contributed by atoms with Crippen molar-refractivity contribution in [2.75, 3.05) is 52.9 Å². The van der Waals surface area contributed by atoms with Crippen LogP contribution in [0.3, 0.4) is 0 Å². The lowest BCUT2D eigenvalue weighted by molar-refractivity contribution is 0.229. The molecule has 0 aromatic heterocycles. The number of piperidine rings is 1. The summed E-state index contributed by atoms with van der Waals surface area (Å²) in [6.07, 6.45) is 4.11. The normalized spacial score (nSPS) is 18.0. The second-order valence-electron chi connectivity index (χ2n) is 5.85. The average molecular weight is 425 g/mol. The van der Waals surface area contributed by atoms with E-state index in [-0.39, 0.29) is 24.0 Å². The zero-order valence-electron chi connectivity index (χ0n) is 14.9. The van der Waals surface area contributed by atoms with Gasteiger partial charge >= 0.3 is 0 Å². The van der Waals surface area contributed by atoms with E-state index in [2.05, 4.69) is 46.2 Å². The third-order valence-electron chi connectivity index (χ3n) is 4.39. The number of halogens is 1. The number of aliphatic imine (C=N–C) groups is 1. The Bertz CT molecular complexity index is 288. The molecule has 0 radical (unpaired) electrons. The molecule has 0 amide bonds. The third-order valence-corrected chi connectivity index (χ3v) is 4.39. The molecule has 0 spiro atoms. The number of nitrogens with zero attached hydrogens (tertiary/aromatic N) is 3. The van der Waals surface area contributed by atoms with Crippen molar-refractivity contribution in [3.63, 3.8) is 0 Å². The summed E-state index contributed by atoms with van der Waals surface area (Å²) in [5, 5.41) is 6.86. The van der Waals surface area contributed by atoms with Crippen LogP contribution < -0.4 is 10.6 Å². The van der Waals surface area contributed by atoms with Crippen LogP contribution in [0.2, 0.25) is 0 Å². The fourth-order valence-electron chi connectivity index (χ4n) is 2.96. The minimum atomic E-state index is 0. The van der Waals surface area contributed by atoms with E-state index >= 15 is 0 Å². The van der Waals surface area contributed by atoms with Crippen molar-refractivity contribution in [1.29, 1.82) is 0 Å². The molecule has 1 aliphatic heterocycles. The highest BCUT2D eigenvalue weighted by Gasteiger charge is 2.11. The molecule has 1 unspecified atom stereocenters. The fourth-order valence-corrected chi connectivity index (χ4v) is 2.96. The molecule has 0 bridgehead atoms. The van der Waals surface area contributed by atoms with Gasteiger partial charge in [0.15, 0.2) is 5.96 Å². The minimum absolute atomic E-state index is 0. The summed E-state index contributed by atoms with van der Waals surface area (Å²) in [6, 6.07) is 0.528. The zero-order chi connectivity index (χ0) is 15.5. The van der Waals surface area contributed by atoms with Gasteiger partial charge in [0.2, 0.25) is 0 Å². The highest BCUT2D eigenvalue weighted by Crippen LogP contribution is 2.07. The van der Waals surface area contributed by atoms with E-state index in [1.807, 2.05) is 7.05 Å². The fraction of sp³-hybridized carbons (Fsp3) is 0.938. The number of nitrogens with one attached hydrogen (secondary N) is 2. The number of likely N-dealkylation sites (N-methyl/N-ethyl adjacent to an activating group) is 1. The van der Waals surface area contributed by atoms with Gasteiger partial charge in [0, 0.05) is 32.7 Å². The standard InChI is InChI=1S/C16H35N5.HI/c1-5-21(6-2)15(3)14-19-16(17-4)18-10-13-20-11-8-7-9-12-20;/h15H,5-14H2,1-4H3,(H2,17,18,19);1H. The highest BCUT2D eigenvalue weighted by molar-refractivity contribution is 14.0. The summed E-state index contributed by atoms with van der Waals surface area (Å²) in [5.74, 6) is 0.922. The van der Waals surface area contributed by atoms with E-state index in [0.29, 0.717) is 6.04 Å². The van der Waals surface area contributed by atoms with E-state index in [1.54, 1.807) is 0 Å². The predicted molar refractivity (Wildman–Crippen MR) is 107 cm³/mol. The van der Waals surface area contributed by atoms with Crippen LogP contribution in [0.5, 0.6) is 0 Å². The van der Waals surface area contributed by atoms with E-state index in [1.165, 1.54) is 32.4 Å². The summed E-state index contributed by atoms with van der Waals surface area (Å²) in [6.45, 7) is 14.4. The Morgan fingerprint density at radius 3 is 2.32 bits per heavy atom. The maximum atomic E-state index is 4.31.